The predicted octanol–water partition coefficient (Wildman–Crippen LogP) is 1.95. The normalized spacial score (nSPS) is 16.5. The molecular weight excluding hydrogens is 268 g/mol. The van der Waals surface area contributed by atoms with Crippen molar-refractivity contribution in [2.24, 2.45) is 11.1 Å². The van der Waals surface area contributed by atoms with Gasteiger partial charge in [-0.3, -0.25) is 4.79 Å². The van der Waals surface area contributed by atoms with Crippen LogP contribution in [0.25, 0.3) is 0 Å². The highest BCUT2D eigenvalue weighted by Gasteiger charge is 2.33. The molecule has 0 spiro atoms. The van der Waals surface area contributed by atoms with E-state index in [0.717, 1.165) is 12.8 Å². The maximum absolute atomic E-state index is 12.5. The molecule has 1 saturated carbocycles. The zero-order valence-electron chi connectivity index (χ0n) is 12.8. The van der Waals surface area contributed by atoms with Crippen molar-refractivity contribution >= 4 is 5.91 Å². The number of amides is 1. The summed E-state index contributed by atoms with van der Waals surface area (Å²) >= 11 is 0. The van der Waals surface area contributed by atoms with E-state index in [2.05, 4.69) is 5.32 Å². The van der Waals surface area contributed by atoms with Crippen LogP contribution in [0.2, 0.25) is 0 Å². The molecule has 1 aliphatic rings. The van der Waals surface area contributed by atoms with E-state index in [4.69, 9.17) is 15.2 Å². The van der Waals surface area contributed by atoms with Crippen LogP contribution in [0, 0.1) is 5.41 Å². The Morgan fingerprint density at radius 2 is 1.81 bits per heavy atom. The Hall–Kier alpha value is -1.75. The minimum atomic E-state index is -0.177. The molecule has 5 heteroatoms. The lowest BCUT2D eigenvalue weighted by molar-refractivity contribution is 0.0926. The summed E-state index contributed by atoms with van der Waals surface area (Å²) in [5, 5.41) is 3.00. The van der Waals surface area contributed by atoms with E-state index >= 15 is 0 Å². The molecule has 1 amide bonds. The minimum absolute atomic E-state index is 0.0465. The SMILES string of the molecule is COc1cccc(OC)c1C(=O)NCC1(CN)CCCC1. The summed E-state index contributed by atoms with van der Waals surface area (Å²) < 4.78 is 10.5. The van der Waals surface area contributed by atoms with Gasteiger partial charge < -0.3 is 20.5 Å². The summed E-state index contributed by atoms with van der Waals surface area (Å²) in [7, 11) is 3.09. The lowest BCUT2D eigenvalue weighted by Crippen LogP contribution is -2.40. The molecule has 0 aliphatic heterocycles. The van der Waals surface area contributed by atoms with Gasteiger partial charge in [-0.1, -0.05) is 18.9 Å². The van der Waals surface area contributed by atoms with Crippen molar-refractivity contribution in [3.63, 3.8) is 0 Å². The molecule has 1 aliphatic carbocycles. The maximum Gasteiger partial charge on any atom is 0.258 e. The second kappa shape index (κ2) is 6.80. The van der Waals surface area contributed by atoms with Crippen molar-refractivity contribution in [3.05, 3.63) is 23.8 Å². The topological polar surface area (TPSA) is 73.6 Å². The van der Waals surface area contributed by atoms with Crippen LogP contribution in [-0.4, -0.2) is 33.2 Å². The van der Waals surface area contributed by atoms with E-state index in [1.807, 2.05) is 0 Å². The Labute approximate surface area is 125 Å². The average Bonchev–Trinajstić information content (AvgIpc) is 3.01. The van der Waals surface area contributed by atoms with Gasteiger partial charge in [0.05, 0.1) is 14.2 Å². The molecule has 2 rings (SSSR count). The van der Waals surface area contributed by atoms with Crippen molar-refractivity contribution in [1.29, 1.82) is 0 Å². The van der Waals surface area contributed by atoms with Gasteiger partial charge in [-0.25, -0.2) is 0 Å². The van der Waals surface area contributed by atoms with Crippen LogP contribution in [0.1, 0.15) is 36.0 Å². The summed E-state index contributed by atoms with van der Waals surface area (Å²) in [4.78, 5) is 12.5. The van der Waals surface area contributed by atoms with Crippen molar-refractivity contribution < 1.29 is 14.3 Å². The average molecular weight is 292 g/mol. The number of nitrogens with one attached hydrogen (secondary N) is 1. The molecule has 1 aromatic rings. The van der Waals surface area contributed by atoms with E-state index < -0.39 is 0 Å². The molecule has 116 valence electrons. The van der Waals surface area contributed by atoms with E-state index in [0.29, 0.717) is 30.2 Å². The summed E-state index contributed by atoms with van der Waals surface area (Å²) in [6.07, 6.45) is 4.52. The number of nitrogens with two attached hydrogens (primary N) is 1. The standard InChI is InChI=1S/C16H24N2O3/c1-20-12-6-5-7-13(21-2)14(12)15(19)18-11-16(10-17)8-3-4-9-16/h5-7H,3-4,8-11,17H2,1-2H3,(H,18,19). The van der Waals surface area contributed by atoms with Crippen LogP contribution in [0.5, 0.6) is 11.5 Å². The molecule has 3 N–H and O–H groups in total. The van der Waals surface area contributed by atoms with Crippen molar-refractivity contribution in [2.45, 2.75) is 25.7 Å². The second-order valence-electron chi connectivity index (χ2n) is 5.63. The highest BCUT2D eigenvalue weighted by atomic mass is 16.5. The first kappa shape index (κ1) is 15.6. The van der Waals surface area contributed by atoms with Crippen LogP contribution in [0.15, 0.2) is 18.2 Å². The molecule has 1 fully saturated rings. The minimum Gasteiger partial charge on any atom is -0.496 e. The first-order chi connectivity index (χ1) is 10.2. The summed E-state index contributed by atoms with van der Waals surface area (Å²) in [5.41, 5.74) is 6.39. The smallest absolute Gasteiger partial charge is 0.258 e. The Morgan fingerprint density at radius 3 is 2.29 bits per heavy atom. The molecule has 0 aromatic heterocycles. The van der Waals surface area contributed by atoms with Crippen LogP contribution in [0.3, 0.4) is 0 Å². The first-order valence-corrected chi connectivity index (χ1v) is 7.35. The Morgan fingerprint density at radius 1 is 1.24 bits per heavy atom. The molecule has 0 heterocycles. The van der Waals surface area contributed by atoms with Crippen LogP contribution >= 0.6 is 0 Å². The fourth-order valence-corrected chi connectivity index (χ4v) is 3.01. The van der Waals surface area contributed by atoms with Crippen LogP contribution < -0.4 is 20.5 Å². The van der Waals surface area contributed by atoms with Gasteiger partial charge >= 0.3 is 0 Å². The fraction of sp³-hybridized carbons (Fsp3) is 0.562. The number of hydrogen-bond acceptors (Lipinski definition) is 4. The number of carbonyl (C=O) groups is 1. The van der Waals surface area contributed by atoms with Gasteiger partial charge in [0.25, 0.3) is 5.91 Å². The van der Waals surface area contributed by atoms with Crippen molar-refractivity contribution in [2.75, 3.05) is 27.3 Å². The summed E-state index contributed by atoms with van der Waals surface area (Å²) in [5.74, 6) is 0.851. The van der Waals surface area contributed by atoms with E-state index in [1.165, 1.54) is 12.8 Å². The highest BCUT2D eigenvalue weighted by molar-refractivity contribution is 5.99. The van der Waals surface area contributed by atoms with Crippen molar-refractivity contribution in [3.8, 4) is 11.5 Å². The Bertz CT molecular complexity index is 474. The zero-order valence-corrected chi connectivity index (χ0v) is 12.8. The lowest BCUT2D eigenvalue weighted by Gasteiger charge is -2.27. The predicted molar refractivity (Wildman–Crippen MR) is 81.8 cm³/mol. The molecule has 21 heavy (non-hydrogen) atoms. The lowest BCUT2D eigenvalue weighted by atomic mass is 9.86. The maximum atomic E-state index is 12.5. The van der Waals surface area contributed by atoms with Crippen molar-refractivity contribution in [1.82, 2.24) is 5.32 Å². The molecule has 0 radical (unpaired) electrons. The fourth-order valence-electron chi connectivity index (χ4n) is 3.01. The van der Waals surface area contributed by atoms with Crippen LogP contribution in [0.4, 0.5) is 0 Å². The quantitative estimate of drug-likeness (QED) is 0.840. The number of ether oxygens (including phenoxy) is 2. The number of methoxy groups -OCH3 is 2. The molecular formula is C16H24N2O3. The van der Waals surface area contributed by atoms with Gasteiger partial charge in [-0.2, -0.15) is 0 Å². The van der Waals surface area contributed by atoms with E-state index in [-0.39, 0.29) is 11.3 Å². The third kappa shape index (κ3) is 3.29. The molecule has 5 nitrogen and oxygen atoms in total. The monoisotopic (exact) mass is 292 g/mol. The number of hydrogen-bond donors (Lipinski definition) is 2. The summed E-state index contributed by atoms with van der Waals surface area (Å²) in [6, 6.07) is 5.31. The van der Waals surface area contributed by atoms with Gasteiger partial charge in [0.2, 0.25) is 0 Å². The van der Waals surface area contributed by atoms with E-state index in [1.54, 1.807) is 32.4 Å². The van der Waals surface area contributed by atoms with E-state index in [9.17, 15) is 4.79 Å². The summed E-state index contributed by atoms with van der Waals surface area (Å²) in [6.45, 7) is 1.21. The largest absolute Gasteiger partial charge is 0.496 e. The number of carbonyl (C=O) groups excluding carboxylic acids is 1. The van der Waals surface area contributed by atoms with Gasteiger partial charge in [0, 0.05) is 6.54 Å². The van der Waals surface area contributed by atoms with Crippen LogP contribution in [-0.2, 0) is 0 Å². The molecule has 0 saturated heterocycles. The molecule has 0 atom stereocenters. The molecule has 1 aromatic carbocycles. The van der Waals surface area contributed by atoms with Gasteiger partial charge in [-0.15, -0.1) is 0 Å². The third-order valence-electron chi connectivity index (χ3n) is 4.38. The van der Waals surface area contributed by atoms with Gasteiger partial charge in [0.1, 0.15) is 17.1 Å². The zero-order chi connectivity index (χ0) is 15.3. The highest BCUT2D eigenvalue weighted by Crippen LogP contribution is 2.36. The number of benzene rings is 1. The molecule has 0 unspecified atom stereocenters. The Kier molecular flexibility index (Phi) is 5.07. The van der Waals surface area contributed by atoms with Gasteiger partial charge in [-0.05, 0) is 36.9 Å². The third-order valence-corrected chi connectivity index (χ3v) is 4.38. The second-order valence-corrected chi connectivity index (χ2v) is 5.63. The number of rotatable bonds is 6. The molecule has 0 bridgehead atoms. The first-order valence-electron chi connectivity index (χ1n) is 7.35. The Balaban J connectivity index is 2.13. The van der Waals surface area contributed by atoms with Gasteiger partial charge in [0.15, 0.2) is 0 Å².